The monoisotopic (exact) mass is 307 g/mol. The fourth-order valence-electron chi connectivity index (χ4n) is 0.843. The van der Waals surface area contributed by atoms with E-state index in [0.29, 0.717) is 6.42 Å². The van der Waals surface area contributed by atoms with Crippen molar-refractivity contribution in [3.63, 3.8) is 0 Å². The number of halogens is 2. The lowest BCUT2D eigenvalue weighted by Gasteiger charge is -2.05. The van der Waals surface area contributed by atoms with Gasteiger partial charge in [-0.15, -0.1) is 23.7 Å². The van der Waals surface area contributed by atoms with Crippen molar-refractivity contribution in [3.05, 3.63) is 19.2 Å². The molecule has 0 saturated carbocycles. The largest absolute Gasteiger partial charge is 0.323 e. The minimum atomic E-state index is -0.0630. The molecule has 1 aromatic heterocycles. The first-order valence-electron chi connectivity index (χ1n) is 3.29. The lowest BCUT2D eigenvalue weighted by molar-refractivity contribution is 0.755. The Morgan fingerprint density at radius 1 is 1.67 bits per heavy atom. The molecule has 0 aliphatic heterocycles. The summed E-state index contributed by atoms with van der Waals surface area (Å²) in [6.45, 7) is 0. The van der Waals surface area contributed by atoms with Gasteiger partial charge in [-0.2, -0.15) is 0 Å². The maximum atomic E-state index is 5.83. The van der Waals surface area contributed by atoms with E-state index < -0.39 is 0 Å². The fraction of sp³-hybridized carbons (Fsp3) is 0.250. The second kappa shape index (κ2) is 4.43. The molecule has 0 aromatic carbocycles. The van der Waals surface area contributed by atoms with E-state index in [0.717, 1.165) is 13.1 Å². The zero-order valence-corrected chi connectivity index (χ0v) is 10.2. The SMILES string of the molecule is C#CCC(N)c1cc(Br)sc1Br. The summed E-state index contributed by atoms with van der Waals surface area (Å²) >= 11 is 8.42. The lowest BCUT2D eigenvalue weighted by Crippen LogP contribution is -2.08. The molecule has 0 bridgehead atoms. The molecule has 0 aliphatic rings. The Morgan fingerprint density at radius 3 is 2.75 bits per heavy atom. The maximum absolute atomic E-state index is 5.83. The van der Waals surface area contributed by atoms with Gasteiger partial charge in [0.25, 0.3) is 0 Å². The van der Waals surface area contributed by atoms with Crippen LogP contribution in [0.25, 0.3) is 0 Å². The quantitative estimate of drug-likeness (QED) is 0.834. The van der Waals surface area contributed by atoms with Crippen molar-refractivity contribution >= 4 is 43.2 Å². The van der Waals surface area contributed by atoms with E-state index in [9.17, 15) is 0 Å². The molecule has 0 aliphatic carbocycles. The van der Waals surface area contributed by atoms with E-state index in [2.05, 4.69) is 37.8 Å². The number of nitrogens with two attached hydrogens (primary N) is 1. The maximum Gasteiger partial charge on any atom is 0.0758 e. The minimum Gasteiger partial charge on any atom is -0.323 e. The van der Waals surface area contributed by atoms with Gasteiger partial charge in [0.05, 0.1) is 7.57 Å². The Balaban J connectivity index is 2.88. The number of thiophene rings is 1. The molecule has 1 atom stereocenters. The van der Waals surface area contributed by atoms with Gasteiger partial charge in [0, 0.05) is 12.5 Å². The molecule has 1 aromatic rings. The van der Waals surface area contributed by atoms with Crippen molar-refractivity contribution in [1.29, 1.82) is 0 Å². The summed E-state index contributed by atoms with van der Waals surface area (Å²) in [7, 11) is 0. The van der Waals surface area contributed by atoms with Crippen molar-refractivity contribution in [1.82, 2.24) is 0 Å². The van der Waals surface area contributed by atoms with Gasteiger partial charge in [0.2, 0.25) is 0 Å². The molecule has 0 saturated heterocycles. The van der Waals surface area contributed by atoms with E-state index in [1.807, 2.05) is 6.07 Å². The van der Waals surface area contributed by atoms with Crippen LogP contribution in [0.4, 0.5) is 0 Å². The van der Waals surface area contributed by atoms with E-state index in [1.165, 1.54) is 0 Å². The van der Waals surface area contributed by atoms with Crippen molar-refractivity contribution in [2.45, 2.75) is 12.5 Å². The average Bonchev–Trinajstić information content (AvgIpc) is 2.30. The molecular weight excluding hydrogens is 302 g/mol. The molecule has 1 unspecified atom stereocenters. The smallest absolute Gasteiger partial charge is 0.0758 e. The van der Waals surface area contributed by atoms with Gasteiger partial charge >= 0.3 is 0 Å². The summed E-state index contributed by atoms with van der Waals surface area (Å²) in [5.74, 6) is 2.55. The first-order valence-corrected chi connectivity index (χ1v) is 5.69. The number of hydrogen-bond acceptors (Lipinski definition) is 2. The summed E-state index contributed by atoms with van der Waals surface area (Å²) in [6.07, 6.45) is 5.74. The average molecular weight is 309 g/mol. The Labute approximate surface area is 92.6 Å². The van der Waals surface area contributed by atoms with Crippen LogP contribution < -0.4 is 5.73 Å². The molecule has 0 fully saturated rings. The highest BCUT2D eigenvalue weighted by molar-refractivity contribution is 9.12. The predicted octanol–water partition coefficient (Wildman–Crippen LogP) is 3.30. The molecule has 4 heteroatoms. The molecule has 0 spiro atoms. The normalized spacial score (nSPS) is 12.5. The van der Waals surface area contributed by atoms with Crippen molar-refractivity contribution in [2.24, 2.45) is 5.73 Å². The van der Waals surface area contributed by atoms with Gasteiger partial charge in [0.1, 0.15) is 0 Å². The topological polar surface area (TPSA) is 26.0 Å². The van der Waals surface area contributed by atoms with Crippen LogP contribution in [-0.4, -0.2) is 0 Å². The van der Waals surface area contributed by atoms with Crippen LogP contribution in [0.1, 0.15) is 18.0 Å². The molecule has 0 radical (unpaired) electrons. The van der Waals surface area contributed by atoms with Crippen LogP contribution in [0.2, 0.25) is 0 Å². The molecule has 1 nitrogen and oxygen atoms in total. The fourth-order valence-corrected chi connectivity index (χ4v) is 3.84. The zero-order valence-electron chi connectivity index (χ0n) is 6.18. The highest BCUT2D eigenvalue weighted by Gasteiger charge is 2.11. The van der Waals surface area contributed by atoms with Crippen LogP contribution >= 0.6 is 43.2 Å². The molecule has 0 amide bonds. The third-order valence-electron chi connectivity index (χ3n) is 1.42. The van der Waals surface area contributed by atoms with E-state index in [-0.39, 0.29) is 6.04 Å². The van der Waals surface area contributed by atoms with Crippen LogP contribution in [0, 0.1) is 12.3 Å². The first-order chi connectivity index (χ1) is 5.65. The van der Waals surface area contributed by atoms with Gasteiger partial charge < -0.3 is 5.73 Å². The molecule has 1 heterocycles. The molecular formula is C8H7Br2NS. The van der Waals surface area contributed by atoms with Crippen LogP contribution in [-0.2, 0) is 0 Å². The highest BCUT2D eigenvalue weighted by atomic mass is 79.9. The molecule has 12 heavy (non-hydrogen) atoms. The third-order valence-corrected chi connectivity index (χ3v) is 3.81. The summed E-state index contributed by atoms with van der Waals surface area (Å²) in [5.41, 5.74) is 6.91. The number of hydrogen-bond donors (Lipinski definition) is 1. The van der Waals surface area contributed by atoms with Crippen LogP contribution in [0.5, 0.6) is 0 Å². The van der Waals surface area contributed by atoms with Crippen molar-refractivity contribution in [3.8, 4) is 12.3 Å². The summed E-state index contributed by atoms with van der Waals surface area (Å²) < 4.78 is 2.12. The van der Waals surface area contributed by atoms with E-state index in [4.69, 9.17) is 12.2 Å². The zero-order chi connectivity index (χ0) is 9.14. The predicted molar refractivity (Wildman–Crippen MR) is 60.1 cm³/mol. The van der Waals surface area contributed by atoms with Gasteiger partial charge in [-0.3, -0.25) is 0 Å². The summed E-state index contributed by atoms with van der Waals surface area (Å²) in [4.78, 5) is 0. The van der Waals surface area contributed by atoms with Gasteiger partial charge in [-0.05, 0) is 43.5 Å². The Morgan fingerprint density at radius 2 is 2.33 bits per heavy atom. The summed E-state index contributed by atoms with van der Waals surface area (Å²) in [5, 5.41) is 0. The van der Waals surface area contributed by atoms with Crippen LogP contribution in [0.3, 0.4) is 0 Å². The van der Waals surface area contributed by atoms with Crippen molar-refractivity contribution in [2.75, 3.05) is 0 Å². The van der Waals surface area contributed by atoms with Gasteiger partial charge in [0.15, 0.2) is 0 Å². The number of rotatable bonds is 2. The number of terminal acetylenes is 1. The Kier molecular flexibility index (Phi) is 3.78. The summed E-state index contributed by atoms with van der Waals surface area (Å²) in [6, 6.07) is 1.93. The molecule has 2 N–H and O–H groups in total. The highest BCUT2D eigenvalue weighted by Crippen LogP contribution is 2.35. The Hall–Kier alpha value is 0.180. The van der Waals surface area contributed by atoms with Gasteiger partial charge in [-0.25, -0.2) is 0 Å². The first kappa shape index (κ1) is 10.3. The van der Waals surface area contributed by atoms with Gasteiger partial charge in [-0.1, -0.05) is 0 Å². The molecule has 1 rings (SSSR count). The molecule has 64 valence electrons. The van der Waals surface area contributed by atoms with E-state index in [1.54, 1.807) is 11.3 Å². The third kappa shape index (κ3) is 2.33. The lowest BCUT2D eigenvalue weighted by atomic mass is 10.1. The van der Waals surface area contributed by atoms with E-state index >= 15 is 0 Å². The standard InChI is InChI=1S/C8H7Br2NS/c1-2-3-6(11)5-4-7(9)12-8(5)10/h1,4,6H,3,11H2. The second-order valence-corrected chi connectivity index (χ2v) is 6.04. The Bertz CT molecular complexity index is 313. The van der Waals surface area contributed by atoms with Crippen LogP contribution in [0.15, 0.2) is 13.6 Å². The second-order valence-electron chi connectivity index (χ2n) is 2.29. The van der Waals surface area contributed by atoms with Crippen molar-refractivity contribution < 1.29 is 0 Å². The minimum absolute atomic E-state index is 0.0630.